The van der Waals surface area contributed by atoms with Gasteiger partial charge in [-0.2, -0.15) is 0 Å². The van der Waals surface area contributed by atoms with E-state index >= 15 is 0 Å². The first kappa shape index (κ1) is 11.9. The first-order valence-electron chi connectivity index (χ1n) is 5.71. The molecule has 0 bridgehead atoms. The van der Waals surface area contributed by atoms with Gasteiger partial charge >= 0.3 is 0 Å². The molecule has 1 aromatic rings. The quantitative estimate of drug-likeness (QED) is 0.811. The van der Waals surface area contributed by atoms with Crippen molar-refractivity contribution in [2.75, 3.05) is 39.1 Å². The number of carbonyl (C=O) groups is 1. The van der Waals surface area contributed by atoms with E-state index in [0.29, 0.717) is 11.6 Å². The number of hydrogen-bond acceptors (Lipinski definition) is 4. The summed E-state index contributed by atoms with van der Waals surface area (Å²) in [6, 6.07) is 4.24. The lowest BCUT2D eigenvalue weighted by molar-refractivity contribution is 0.0827. The standard InChI is InChI=1S/C12H18N4O/c1-15(2)12(17)9-4-5-11(14-6-9)16(3)10-7-13-8-10/h4-6,10,13H,7-8H2,1-3H3. The van der Waals surface area contributed by atoms with Gasteiger partial charge in [0, 0.05) is 40.4 Å². The van der Waals surface area contributed by atoms with Crippen LogP contribution < -0.4 is 10.2 Å². The average molecular weight is 234 g/mol. The molecule has 1 aromatic heterocycles. The molecule has 1 N–H and O–H groups in total. The molecular weight excluding hydrogens is 216 g/mol. The van der Waals surface area contributed by atoms with E-state index in [1.54, 1.807) is 25.2 Å². The van der Waals surface area contributed by atoms with Crippen molar-refractivity contribution in [1.82, 2.24) is 15.2 Å². The smallest absolute Gasteiger partial charge is 0.254 e. The van der Waals surface area contributed by atoms with Crippen LogP contribution in [0.5, 0.6) is 0 Å². The maximum atomic E-state index is 11.7. The zero-order valence-electron chi connectivity index (χ0n) is 10.5. The molecule has 0 spiro atoms. The van der Waals surface area contributed by atoms with Gasteiger partial charge in [-0.1, -0.05) is 0 Å². The number of anilines is 1. The summed E-state index contributed by atoms with van der Waals surface area (Å²) in [7, 11) is 5.51. The van der Waals surface area contributed by atoms with E-state index in [2.05, 4.69) is 15.2 Å². The molecule has 1 aliphatic heterocycles. The van der Waals surface area contributed by atoms with Crippen molar-refractivity contribution < 1.29 is 4.79 Å². The molecule has 0 aromatic carbocycles. The Morgan fingerprint density at radius 3 is 2.47 bits per heavy atom. The van der Waals surface area contributed by atoms with Gasteiger partial charge in [-0.15, -0.1) is 0 Å². The number of amides is 1. The fourth-order valence-corrected chi connectivity index (χ4v) is 1.71. The Bertz CT molecular complexity index is 397. The first-order valence-corrected chi connectivity index (χ1v) is 5.71. The van der Waals surface area contributed by atoms with Crippen LogP contribution in [-0.4, -0.2) is 56.1 Å². The van der Waals surface area contributed by atoms with E-state index in [4.69, 9.17) is 0 Å². The van der Waals surface area contributed by atoms with Crippen molar-refractivity contribution in [1.29, 1.82) is 0 Å². The van der Waals surface area contributed by atoms with Crippen LogP contribution in [0.4, 0.5) is 5.82 Å². The van der Waals surface area contributed by atoms with Gasteiger partial charge in [0.25, 0.3) is 5.91 Å². The van der Waals surface area contributed by atoms with E-state index in [1.165, 1.54) is 0 Å². The molecule has 2 rings (SSSR count). The Morgan fingerprint density at radius 2 is 2.06 bits per heavy atom. The highest BCUT2D eigenvalue weighted by Gasteiger charge is 2.22. The summed E-state index contributed by atoms with van der Waals surface area (Å²) in [5.41, 5.74) is 0.624. The average Bonchev–Trinajstić information content (AvgIpc) is 2.25. The zero-order chi connectivity index (χ0) is 12.4. The fraction of sp³-hybridized carbons (Fsp3) is 0.500. The topological polar surface area (TPSA) is 48.5 Å². The molecule has 5 heteroatoms. The van der Waals surface area contributed by atoms with Crippen molar-refractivity contribution in [2.24, 2.45) is 0 Å². The highest BCUT2D eigenvalue weighted by molar-refractivity contribution is 5.93. The molecule has 1 fully saturated rings. The van der Waals surface area contributed by atoms with E-state index in [1.807, 2.05) is 19.2 Å². The summed E-state index contributed by atoms with van der Waals surface area (Å²) in [5, 5.41) is 3.23. The molecule has 1 saturated heterocycles. The molecule has 92 valence electrons. The fourth-order valence-electron chi connectivity index (χ4n) is 1.71. The molecule has 5 nitrogen and oxygen atoms in total. The number of hydrogen-bond donors (Lipinski definition) is 1. The highest BCUT2D eigenvalue weighted by Crippen LogP contribution is 2.15. The third-order valence-corrected chi connectivity index (χ3v) is 3.07. The molecule has 1 aliphatic rings. The minimum absolute atomic E-state index is 0.0167. The van der Waals surface area contributed by atoms with Gasteiger partial charge in [0.1, 0.15) is 5.82 Å². The lowest BCUT2D eigenvalue weighted by atomic mass is 10.1. The highest BCUT2D eigenvalue weighted by atomic mass is 16.2. The third kappa shape index (κ3) is 2.39. The van der Waals surface area contributed by atoms with Gasteiger partial charge in [0.05, 0.1) is 11.6 Å². The summed E-state index contributed by atoms with van der Waals surface area (Å²) < 4.78 is 0. The largest absolute Gasteiger partial charge is 0.354 e. The molecule has 17 heavy (non-hydrogen) atoms. The van der Waals surface area contributed by atoms with Crippen LogP contribution in [0.2, 0.25) is 0 Å². The van der Waals surface area contributed by atoms with Crippen LogP contribution >= 0.6 is 0 Å². The van der Waals surface area contributed by atoms with Crippen molar-refractivity contribution in [2.45, 2.75) is 6.04 Å². The predicted molar refractivity (Wildman–Crippen MR) is 67.3 cm³/mol. The maximum absolute atomic E-state index is 11.7. The zero-order valence-corrected chi connectivity index (χ0v) is 10.5. The van der Waals surface area contributed by atoms with E-state index in [9.17, 15) is 4.79 Å². The predicted octanol–water partition coefficient (Wildman–Crippen LogP) is 0.191. The van der Waals surface area contributed by atoms with Crippen LogP contribution in [0.3, 0.4) is 0 Å². The van der Waals surface area contributed by atoms with Crippen LogP contribution in [0.15, 0.2) is 18.3 Å². The lowest BCUT2D eigenvalue weighted by Crippen LogP contribution is -2.56. The summed E-state index contributed by atoms with van der Waals surface area (Å²) >= 11 is 0. The molecule has 0 radical (unpaired) electrons. The Hall–Kier alpha value is -1.62. The van der Waals surface area contributed by atoms with E-state index < -0.39 is 0 Å². The maximum Gasteiger partial charge on any atom is 0.254 e. The van der Waals surface area contributed by atoms with Crippen LogP contribution in [0, 0.1) is 0 Å². The van der Waals surface area contributed by atoms with Crippen molar-refractivity contribution >= 4 is 11.7 Å². The second kappa shape index (κ2) is 4.71. The van der Waals surface area contributed by atoms with Gasteiger partial charge in [0.15, 0.2) is 0 Å². The summed E-state index contributed by atoms with van der Waals surface area (Å²) in [6.45, 7) is 1.99. The van der Waals surface area contributed by atoms with Gasteiger partial charge in [-0.3, -0.25) is 4.79 Å². The summed E-state index contributed by atoms with van der Waals surface area (Å²) in [4.78, 5) is 19.7. The minimum atomic E-state index is -0.0167. The molecule has 0 aliphatic carbocycles. The number of aromatic nitrogens is 1. The molecule has 0 saturated carbocycles. The number of nitrogens with zero attached hydrogens (tertiary/aromatic N) is 3. The number of pyridine rings is 1. The van der Waals surface area contributed by atoms with Gasteiger partial charge in [-0.05, 0) is 12.1 Å². The number of likely N-dealkylation sites (N-methyl/N-ethyl adjacent to an activating group) is 1. The third-order valence-electron chi connectivity index (χ3n) is 3.07. The van der Waals surface area contributed by atoms with Crippen molar-refractivity contribution in [3.63, 3.8) is 0 Å². The Kier molecular flexibility index (Phi) is 3.28. The normalized spacial score (nSPS) is 15.2. The van der Waals surface area contributed by atoms with Crippen LogP contribution in [-0.2, 0) is 0 Å². The monoisotopic (exact) mass is 234 g/mol. The van der Waals surface area contributed by atoms with Crippen molar-refractivity contribution in [3.05, 3.63) is 23.9 Å². The molecule has 2 heterocycles. The number of nitrogens with one attached hydrogen (secondary N) is 1. The van der Waals surface area contributed by atoms with E-state index in [-0.39, 0.29) is 5.91 Å². The van der Waals surface area contributed by atoms with Crippen molar-refractivity contribution in [3.8, 4) is 0 Å². The Morgan fingerprint density at radius 1 is 1.35 bits per heavy atom. The minimum Gasteiger partial charge on any atom is -0.354 e. The summed E-state index contributed by atoms with van der Waals surface area (Å²) in [5.74, 6) is 0.892. The second-order valence-corrected chi connectivity index (χ2v) is 4.53. The first-order chi connectivity index (χ1) is 8.09. The lowest BCUT2D eigenvalue weighted by Gasteiger charge is -2.36. The SMILES string of the molecule is CN(C)C(=O)c1ccc(N(C)C2CNC2)nc1. The molecule has 0 atom stereocenters. The second-order valence-electron chi connectivity index (χ2n) is 4.53. The Labute approximate surface area is 101 Å². The van der Waals surface area contributed by atoms with Crippen LogP contribution in [0.25, 0.3) is 0 Å². The van der Waals surface area contributed by atoms with Gasteiger partial charge in [-0.25, -0.2) is 4.98 Å². The van der Waals surface area contributed by atoms with Crippen LogP contribution in [0.1, 0.15) is 10.4 Å². The molecular formula is C12H18N4O. The molecule has 1 amide bonds. The van der Waals surface area contributed by atoms with E-state index in [0.717, 1.165) is 18.9 Å². The Balaban J connectivity index is 2.09. The number of rotatable bonds is 3. The van der Waals surface area contributed by atoms with Gasteiger partial charge < -0.3 is 15.1 Å². The molecule has 0 unspecified atom stereocenters. The summed E-state index contributed by atoms with van der Waals surface area (Å²) in [6.07, 6.45) is 1.64. The number of carbonyl (C=O) groups excluding carboxylic acids is 1. The van der Waals surface area contributed by atoms with Gasteiger partial charge in [0.2, 0.25) is 0 Å².